The highest BCUT2D eigenvalue weighted by Crippen LogP contribution is 2.21. The lowest BCUT2D eigenvalue weighted by atomic mass is 10.2. The Morgan fingerprint density at radius 1 is 1.30 bits per heavy atom. The van der Waals surface area contributed by atoms with Crippen LogP contribution in [-0.4, -0.2) is 47.7 Å². The number of aliphatic carboxylic acids is 1. The molecule has 6 heteroatoms. The lowest BCUT2D eigenvalue weighted by Gasteiger charge is -2.21. The van der Waals surface area contributed by atoms with E-state index >= 15 is 0 Å². The molecule has 0 radical (unpaired) electrons. The van der Waals surface area contributed by atoms with Crippen molar-refractivity contribution >= 4 is 11.9 Å². The molecule has 1 unspecified atom stereocenters. The SMILES string of the molecule is CC(C)COc1cccc(OCC(=O)N2CCCC2C(=O)O)c1. The van der Waals surface area contributed by atoms with Gasteiger partial charge < -0.3 is 19.5 Å². The van der Waals surface area contributed by atoms with Gasteiger partial charge in [-0.05, 0) is 30.9 Å². The summed E-state index contributed by atoms with van der Waals surface area (Å²) in [5, 5.41) is 9.11. The molecule has 1 heterocycles. The number of nitrogens with zero attached hydrogens (tertiary/aromatic N) is 1. The maximum absolute atomic E-state index is 12.1. The molecule has 1 aromatic rings. The van der Waals surface area contributed by atoms with E-state index in [-0.39, 0.29) is 12.5 Å². The first-order chi connectivity index (χ1) is 11.0. The third kappa shape index (κ3) is 4.87. The number of likely N-dealkylation sites (tertiary alicyclic amines) is 1. The second-order valence-electron chi connectivity index (χ2n) is 6.05. The van der Waals surface area contributed by atoms with E-state index in [9.17, 15) is 9.59 Å². The van der Waals surface area contributed by atoms with Crippen LogP contribution in [0.3, 0.4) is 0 Å². The van der Waals surface area contributed by atoms with Crippen molar-refractivity contribution < 1.29 is 24.2 Å². The molecule has 1 amide bonds. The molecular weight excluding hydrogens is 298 g/mol. The molecule has 1 atom stereocenters. The topological polar surface area (TPSA) is 76.1 Å². The average molecular weight is 321 g/mol. The Bertz CT molecular complexity index is 558. The van der Waals surface area contributed by atoms with E-state index in [1.165, 1.54) is 4.90 Å². The molecule has 0 aromatic heterocycles. The van der Waals surface area contributed by atoms with Crippen molar-refractivity contribution in [2.75, 3.05) is 19.8 Å². The van der Waals surface area contributed by atoms with E-state index in [0.717, 1.165) is 0 Å². The average Bonchev–Trinajstić information content (AvgIpc) is 3.01. The molecule has 0 spiro atoms. The summed E-state index contributed by atoms with van der Waals surface area (Å²) in [5.74, 6) is 0.381. The number of rotatable bonds is 7. The second kappa shape index (κ2) is 7.85. The zero-order chi connectivity index (χ0) is 16.8. The quantitative estimate of drug-likeness (QED) is 0.833. The number of benzene rings is 1. The van der Waals surface area contributed by atoms with E-state index in [0.29, 0.717) is 43.4 Å². The van der Waals surface area contributed by atoms with Crippen molar-refractivity contribution in [2.45, 2.75) is 32.7 Å². The maximum atomic E-state index is 12.1. The Hall–Kier alpha value is -2.24. The fraction of sp³-hybridized carbons (Fsp3) is 0.529. The van der Waals surface area contributed by atoms with Gasteiger partial charge in [0.15, 0.2) is 6.61 Å². The summed E-state index contributed by atoms with van der Waals surface area (Å²) < 4.78 is 11.1. The zero-order valence-electron chi connectivity index (χ0n) is 13.5. The Morgan fingerprint density at radius 2 is 2.00 bits per heavy atom. The molecule has 1 saturated heterocycles. The maximum Gasteiger partial charge on any atom is 0.326 e. The molecule has 2 rings (SSSR count). The van der Waals surface area contributed by atoms with Crippen molar-refractivity contribution in [1.29, 1.82) is 0 Å². The predicted octanol–water partition coefficient (Wildman–Crippen LogP) is 2.18. The molecule has 1 aliphatic heterocycles. The summed E-state index contributed by atoms with van der Waals surface area (Å²) in [7, 11) is 0. The van der Waals surface area contributed by atoms with Crippen molar-refractivity contribution in [3.63, 3.8) is 0 Å². The summed E-state index contributed by atoms with van der Waals surface area (Å²) in [5.41, 5.74) is 0. The number of carbonyl (C=O) groups excluding carboxylic acids is 1. The third-order valence-corrected chi connectivity index (χ3v) is 3.61. The molecule has 1 aromatic carbocycles. The molecule has 126 valence electrons. The molecule has 23 heavy (non-hydrogen) atoms. The van der Waals surface area contributed by atoms with E-state index in [1.54, 1.807) is 18.2 Å². The lowest BCUT2D eigenvalue weighted by molar-refractivity contribution is -0.148. The summed E-state index contributed by atoms with van der Waals surface area (Å²) in [6, 6.07) is 6.37. The largest absolute Gasteiger partial charge is 0.493 e. The number of carboxylic acids is 1. The van der Waals surface area contributed by atoms with Crippen LogP contribution in [-0.2, 0) is 9.59 Å². The summed E-state index contributed by atoms with van der Waals surface area (Å²) in [4.78, 5) is 24.6. The lowest BCUT2D eigenvalue weighted by Crippen LogP contribution is -2.42. The van der Waals surface area contributed by atoms with Crippen molar-refractivity contribution in [3.8, 4) is 11.5 Å². The Labute approximate surface area is 136 Å². The molecule has 6 nitrogen and oxygen atoms in total. The van der Waals surface area contributed by atoms with Gasteiger partial charge in [0.25, 0.3) is 5.91 Å². The van der Waals surface area contributed by atoms with Gasteiger partial charge >= 0.3 is 5.97 Å². The fourth-order valence-corrected chi connectivity index (χ4v) is 2.47. The number of amides is 1. The van der Waals surface area contributed by atoms with Crippen molar-refractivity contribution in [1.82, 2.24) is 4.90 Å². The predicted molar refractivity (Wildman–Crippen MR) is 84.6 cm³/mol. The van der Waals surface area contributed by atoms with Crippen LogP contribution in [0.5, 0.6) is 11.5 Å². The van der Waals surface area contributed by atoms with Crippen LogP contribution in [0.15, 0.2) is 24.3 Å². The molecule has 0 bridgehead atoms. The van der Waals surface area contributed by atoms with Crippen LogP contribution in [0, 0.1) is 5.92 Å². The molecule has 0 aliphatic carbocycles. The smallest absolute Gasteiger partial charge is 0.326 e. The highest BCUT2D eigenvalue weighted by Gasteiger charge is 2.33. The Kier molecular flexibility index (Phi) is 5.84. The van der Waals surface area contributed by atoms with Crippen LogP contribution in [0.4, 0.5) is 0 Å². The second-order valence-corrected chi connectivity index (χ2v) is 6.05. The van der Waals surface area contributed by atoms with Gasteiger partial charge in [-0.3, -0.25) is 4.79 Å². The van der Waals surface area contributed by atoms with E-state index < -0.39 is 12.0 Å². The molecular formula is C17H23NO5. The highest BCUT2D eigenvalue weighted by atomic mass is 16.5. The molecule has 0 saturated carbocycles. The third-order valence-electron chi connectivity index (χ3n) is 3.61. The van der Waals surface area contributed by atoms with Gasteiger partial charge in [-0.2, -0.15) is 0 Å². The van der Waals surface area contributed by atoms with Crippen LogP contribution in [0.25, 0.3) is 0 Å². The first-order valence-corrected chi connectivity index (χ1v) is 7.85. The number of ether oxygens (including phenoxy) is 2. The first-order valence-electron chi connectivity index (χ1n) is 7.85. The van der Waals surface area contributed by atoms with E-state index in [4.69, 9.17) is 14.6 Å². The van der Waals surface area contributed by atoms with Gasteiger partial charge in [0.1, 0.15) is 17.5 Å². The van der Waals surface area contributed by atoms with E-state index in [1.807, 2.05) is 6.07 Å². The normalized spacial score (nSPS) is 17.3. The minimum Gasteiger partial charge on any atom is -0.493 e. The highest BCUT2D eigenvalue weighted by molar-refractivity contribution is 5.85. The van der Waals surface area contributed by atoms with Crippen LogP contribution in [0.2, 0.25) is 0 Å². The van der Waals surface area contributed by atoms with Gasteiger partial charge in [-0.15, -0.1) is 0 Å². The van der Waals surface area contributed by atoms with Crippen molar-refractivity contribution in [3.05, 3.63) is 24.3 Å². The zero-order valence-corrected chi connectivity index (χ0v) is 13.5. The number of carbonyl (C=O) groups is 2. The van der Waals surface area contributed by atoms with E-state index in [2.05, 4.69) is 13.8 Å². The van der Waals surface area contributed by atoms with Crippen LogP contribution in [0.1, 0.15) is 26.7 Å². The molecule has 1 N–H and O–H groups in total. The van der Waals surface area contributed by atoms with Gasteiger partial charge in [-0.25, -0.2) is 4.79 Å². The fourth-order valence-electron chi connectivity index (χ4n) is 2.47. The summed E-state index contributed by atoms with van der Waals surface area (Å²) in [6.45, 7) is 5.03. The number of hydrogen-bond acceptors (Lipinski definition) is 4. The Morgan fingerprint density at radius 3 is 2.65 bits per heavy atom. The Balaban J connectivity index is 1.89. The molecule has 1 fully saturated rings. The minimum atomic E-state index is -0.958. The summed E-state index contributed by atoms with van der Waals surface area (Å²) in [6.07, 6.45) is 1.21. The monoisotopic (exact) mass is 321 g/mol. The van der Waals surface area contributed by atoms with Gasteiger partial charge in [0, 0.05) is 12.6 Å². The van der Waals surface area contributed by atoms with Gasteiger partial charge in [0.05, 0.1) is 6.61 Å². The van der Waals surface area contributed by atoms with Crippen molar-refractivity contribution in [2.24, 2.45) is 5.92 Å². The van der Waals surface area contributed by atoms with Gasteiger partial charge in [-0.1, -0.05) is 19.9 Å². The minimum absolute atomic E-state index is 0.169. The van der Waals surface area contributed by atoms with Crippen LogP contribution < -0.4 is 9.47 Å². The number of carboxylic acid groups (broad SMARTS) is 1. The number of hydrogen-bond donors (Lipinski definition) is 1. The molecule has 1 aliphatic rings. The van der Waals surface area contributed by atoms with Crippen LogP contribution >= 0.6 is 0 Å². The standard InChI is InChI=1S/C17H23NO5/c1-12(2)10-22-13-5-3-6-14(9-13)23-11-16(19)18-8-4-7-15(18)17(20)21/h3,5-6,9,12,15H,4,7-8,10-11H2,1-2H3,(H,20,21). The van der Waals surface area contributed by atoms with Gasteiger partial charge in [0.2, 0.25) is 0 Å². The first kappa shape index (κ1) is 17.1. The summed E-state index contributed by atoms with van der Waals surface area (Å²) >= 11 is 0.